The molecule has 6 nitrogen and oxygen atoms in total. The lowest BCUT2D eigenvalue weighted by Gasteiger charge is -2.15. The van der Waals surface area contributed by atoms with Crippen molar-refractivity contribution < 1.29 is 4.74 Å². The quantitative estimate of drug-likeness (QED) is 0.213. The highest BCUT2D eigenvalue weighted by Gasteiger charge is 2.16. The van der Waals surface area contributed by atoms with Gasteiger partial charge in [-0.25, -0.2) is 9.97 Å². The summed E-state index contributed by atoms with van der Waals surface area (Å²) in [6.45, 7) is 0.299. The molecule has 0 unspecified atom stereocenters. The molecule has 0 fully saturated rings. The number of aromatic nitrogens is 3. The maximum atomic E-state index is 13.6. The summed E-state index contributed by atoms with van der Waals surface area (Å²) in [6, 6.07) is 18.5. The Morgan fingerprint density at radius 1 is 1.06 bits per heavy atom. The highest BCUT2D eigenvalue weighted by atomic mass is 79.9. The van der Waals surface area contributed by atoms with Crippen LogP contribution in [0.25, 0.3) is 27.8 Å². The summed E-state index contributed by atoms with van der Waals surface area (Å²) in [5, 5.41) is 7.21. The maximum absolute atomic E-state index is 13.6. The van der Waals surface area contributed by atoms with Crippen LogP contribution in [0.5, 0.6) is 5.75 Å². The summed E-state index contributed by atoms with van der Waals surface area (Å²) in [5.74, 6) is 1.26. The van der Waals surface area contributed by atoms with Crippen molar-refractivity contribution in [3.05, 3.63) is 96.2 Å². The molecule has 0 bridgehead atoms. The second-order valence-electron chi connectivity index (χ2n) is 7.55. The predicted molar refractivity (Wildman–Crippen MR) is 149 cm³/mol. The second kappa shape index (κ2) is 10.1. The van der Waals surface area contributed by atoms with Gasteiger partial charge in [0, 0.05) is 24.9 Å². The molecule has 2 heterocycles. The van der Waals surface area contributed by atoms with Crippen LogP contribution in [0.3, 0.4) is 0 Å². The number of rotatable bonds is 6. The van der Waals surface area contributed by atoms with E-state index >= 15 is 0 Å². The molecular formula is C25H17Br2ClN4O2S. The molecule has 0 radical (unpaired) electrons. The number of hydrogen-bond acceptors (Lipinski definition) is 6. The first kappa shape index (κ1) is 24.0. The van der Waals surface area contributed by atoms with Gasteiger partial charge in [0.1, 0.15) is 11.6 Å². The molecule has 0 spiro atoms. The molecule has 3 aromatic carbocycles. The third-order valence-corrected chi connectivity index (χ3v) is 7.45. The maximum Gasteiger partial charge on any atom is 0.266 e. The van der Waals surface area contributed by atoms with Gasteiger partial charge < -0.3 is 10.1 Å². The van der Waals surface area contributed by atoms with Gasteiger partial charge >= 0.3 is 0 Å². The van der Waals surface area contributed by atoms with Gasteiger partial charge in [0.2, 0.25) is 0 Å². The van der Waals surface area contributed by atoms with Gasteiger partial charge in [0.05, 0.1) is 35.9 Å². The molecule has 0 atom stereocenters. The SMILES string of the molecule is COc1ccc(-n2c(CNc3nc(-c4ccc(Cl)cc4)cs3)nc3c(Br)cc(Br)cc3c2=O)cc1. The molecule has 0 saturated carbocycles. The fraction of sp³-hybridized carbons (Fsp3) is 0.0800. The zero-order chi connectivity index (χ0) is 24.5. The average molecular weight is 633 g/mol. The molecule has 1 N–H and O–H groups in total. The molecule has 5 aromatic rings. The number of benzene rings is 3. The van der Waals surface area contributed by atoms with E-state index in [0.29, 0.717) is 39.7 Å². The van der Waals surface area contributed by atoms with Crippen LogP contribution in [0.15, 0.2) is 79.8 Å². The number of thiazole rings is 1. The smallest absolute Gasteiger partial charge is 0.266 e. The van der Waals surface area contributed by atoms with Crippen molar-refractivity contribution in [1.82, 2.24) is 14.5 Å². The molecule has 10 heteroatoms. The summed E-state index contributed by atoms with van der Waals surface area (Å²) in [6.07, 6.45) is 0. The minimum Gasteiger partial charge on any atom is -0.497 e. The van der Waals surface area contributed by atoms with E-state index < -0.39 is 0 Å². The first-order valence-corrected chi connectivity index (χ1v) is 13.3. The molecule has 0 aliphatic carbocycles. The average Bonchev–Trinajstić information content (AvgIpc) is 3.33. The van der Waals surface area contributed by atoms with Crippen LogP contribution in [-0.2, 0) is 6.54 Å². The lowest BCUT2D eigenvalue weighted by Crippen LogP contribution is -2.25. The van der Waals surface area contributed by atoms with E-state index in [1.54, 1.807) is 17.7 Å². The van der Waals surface area contributed by atoms with Crippen molar-refractivity contribution in [3.63, 3.8) is 0 Å². The van der Waals surface area contributed by atoms with Crippen molar-refractivity contribution in [2.75, 3.05) is 12.4 Å². The summed E-state index contributed by atoms with van der Waals surface area (Å²) >= 11 is 14.5. The Kier molecular flexibility index (Phi) is 6.93. The van der Waals surface area contributed by atoms with Gasteiger partial charge in [-0.3, -0.25) is 9.36 Å². The molecule has 0 aliphatic rings. The van der Waals surface area contributed by atoms with Crippen LogP contribution in [0.1, 0.15) is 5.82 Å². The van der Waals surface area contributed by atoms with Crippen molar-refractivity contribution in [2.45, 2.75) is 6.54 Å². The second-order valence-corrected chi connectivity index (χ2v) is 10.6. The minimum atomic E-state index is -0.167. The minimum absolute atomic E-state index is 0.167. The van der Waals surface area contributed by atoms with Gasteiger partial charge in [0.25, 0.3) is 5.56 Å². The normalized spacial score (nSPS) is 11.1. The molecule has 0 amide bonds. The molecule has 0 aliphatic heterocycles. The van der Waals surface area contributed by atoms with Gasteiger partial charge in [-0.15, -0.1) is 11.3 Å². The Morgan fingerprint density at radius 2 is 1.80 bits per heavy atom. The number of methoxy groups -OCH3 is 1. The van der Waals surface area contributed by atoms with E-state index in [2.05, 4.69) is 42.2 Å². The largest absolute Gasteiger partial charge is 0.497 e. The summed E-state index contributed by atoms with van der Waals surface area (Å²) < 4.78 is 8.42. The van der Waals surface area contributed by atoms with E-state index in [1.165, 1.54) is 11.3 Å². The zero-order valence-corrected chi connectivity index (χ0v) is 23.0. The fourth-order valence-corrected chi connectivity index (χ4v) is 5.80. The molecule has 2 aromatic heterocycles. The topological polar surface area (TPSA) is 69.0 Å². The van der Waals surface area contributed by atoms with Crippen molar-refractivity contribution >= 4 is 70.8 Å². The number of nitrogens with zero attached hydrogens (tertiary/aromatic N) is 3. The Labute approximate surface area is 226 Å². The monoisotopic (exact) mass is 630 g/mol. The summed E-state index contributed by atoms with van der Waals surface area (Å²) in [5.41, 5.74) is 2.95. The van der Waals surface area contributed by atoms with E-state index in [0.717, 1.165) is 25.3 Å². The first-order chi connectivity index (χ1) is 16.9. The fourth-order valence-electron chi connectivity index (χ4n) is 3.64. The lowest BCUT2D eigenvalue weighted by molar-refractivity contribution is 0.414. The molecule has 176 valence electrons. The van der Waals surface area contributed by atoms with Gasteiger partial charge in [-0.2, -0.15) is 0 Å². The van der Waals surface area contributed by atoms with Gasteiger partial charge in [-0.05, 0) is 64.5 Å². The van der Waals surface area contributed by atoms with Crippen LogP contribution in [0.2, 0.25) is 5.02 Å². The molecule has 0 saturated heterocycles. The van der Waals surface area contributed by atoms with Crippen LogP contribution in [-0.4, -0.2) is 21.6 Å². The summed E-state index contributed by atoms with van der Waals surface area (Å²) in [4.78, 5) is 23.2. The van der Waals surface area contributed by atoms with Gasteiger partial charge in [0.15, 0.2) is 5.13 Å². The highest BCUT2D eigenvalue weighted by molar-refractivity contribution is 9.11. The van der Waals surface area contributed by atoms with Gasteiger partial charge in [-0.1, -0.05) is 39.7 Å². The Bertz CT molecular complexity index is 1580. The molecule has 35 heavy (non-hydrogen) atoms. The van der Waals surface area contributed by atoms with E-state index in [9.17, 15) is 4.79 Å². The zero-order valence-electron chi connectivity index (χ0n) is 18.3. The number of ether oxygens (including phenoxy) is 1. The Hall–Kier alpha value is -2.72. The number of anilines is 1. The Morgan fingerprint density at radius 3 is 2.51 bits per heavy atom. The lowest BCUT2D eigenvalue weighted by atomic mass is 10.2. The molecular weight excluding hydrogens is 616 g/mol. The third-order valence-electron chi connectivity index (χ3n) is 5.33. The summed E-state index contributed by atoms with van der Waals surface area (Å²) in [7, 11) is 1.61. The van der Waals surface area contributed by atoms with Crippen molar-refractivity contribution in [3.8, 4) is 22.7 Å². The van der Waals surface area contributed by atoms with Crippen LogP contribution in [0, 0.1) is 0 Å². The number of fused-ring (bicyclic) bond motifs is 1. The predicted octanol–water partition coefficient (Wildman–Crippen LogP) is 7.31. The third kappa shape index (κ3) is 4.99. The van der Waals surface area contributed by atoms with Crippen LogP contribution in [0.4, 0.5) is 5.13 Å². The Balaban J connectivity index is 1.54. The van der Waals surface area contributed by atoms with E-state index in [4.69, 9.17) is 21.3 Å². The number of halogens is 3. The van der Waals surface area contributed by atoms with Crippen molar-refractivity contribution in [1.29, 1.82) is 0 Å². The number of hydrogen-bond donors (Lipinski definition) is 1. The van der Waals surface area contributed by atoms with E-state index in [-0.39, 0.29) is 5.56 Å². The number of nitrogens with one attached hydrogen (secondary N) is 1. The standard InChI is InChI=1S/C25H17Br2ClN4O2S/c1-34-18-8-6-17(7-9-18)32-22(31-23-19(24(32)33)10-15(26)11-20(23)27)12-29-25-30-21(13-35-25)14-2-4-16(28)5-3-14/h2-11,13H,12H2,1H3,(H,29,30). The van der Waals surface area contributed by atoms with Crippen molar-refractivity contribution in [2.24, 2.45) is 0 Å². The van der Waals surface area contributed by atoms with Crippen LogP contribution >= 0.6 is 54.8 Å². The highest BCUT2D eigenvalue weighted by Crippen LogP contribution is 2.28. The van der Waals surface area contributed by atoms with E-state index in [1.807, 2.05) is 60.0 Å². The van der Waals surface area contributed by atoms with Crippen LogP contribution < -0.4 is 15.6 Å². The molecule has 5 rings (SSSR count). The first-order valence-electron chi connectivity index (χ1n) is 10.4.